The van der Waals surface area contributed by atoms with Crippen molar-refractivity contribution in [3.05, 3.63) is 54.1 Å². The van der Waals surface area contributed by atoms with Crippen molar-refractivity contribution in [3.63, 3.8) is 0 Å². The first-order valence-electron chi connectivity index (χ1n) is 9.75. The number of nitrogens with zero attached hydrogens (tertiary/aromatic N) is 2. The number of alkyl halides is 2. The van der Waals surface area contributed by atoms with Crippen LogP contribution in [0.5, 0.6) is 5.75 Å². The van der Waals surface area contributed by atoms with Gasteiger partial charge in [-0.3, -0.25) is 9.59 Å². The minimum atomic E-state index is -2.90. The molecule has 0 unspecified atom stereocenters. The van der Waals surface area contributed by atoms with Gasteiger partial charge in [0.15, 0.2) is 5.78 Å². The van der Waals surface area contributed by atoms with E-state index in [9.17, 15) is 18.4 Å². The molecule has 0 atom stereocenters. The van der Waals surface area contributed by atoms with Crippen molar-refractivity contribution in [2.75, 3.05) is 11.1 Å². The monoisotopic (exact) mass is 461 g/mol. The van der Waals surface area contributed by atoms with Crippen molar-refractivity contribution in [2.24, 2.45) is 5.92 Å². The SMILES string of the molecule is CC(C)CC(=O)Nc1ccc(C(=O)CSc2nnc(-c3ccc(OC(F)F)cc3)o2)cc1. The zero-order chi connectivity index (χ0) is 23.1. The first-order chi connectivity index (χ1) is 15.3. The van der Waals surface area contributed by atoms with Gasteiger partial charge in [0.2, 0.25) is 11.8 Å². The molecule has 32 heavy (non-hydrogen) atoms. The highest BCUT2D eigenvalue weighted by Gasteiger charge is 2.14. The summed E-state index contributed by atoms with van der Waals surface area (Å²) in [6, 6.07) is 12.4. The second-order valence-corrected chi connectivity index (χ2v) is 8.14. The summed E-state index contributed by atoms with van der Waals surface area (Å²) < 4.78 is 34.3. The van der Waals surface area contributed by atoms with Gasteiger partial charge in [0.1, 0.15) is 5.75 Å². The van der Waals surface area contributed by atoms with Gasteiger partial charge in [0, 0.05) is 23.2 Å². The quantitative estimate of drug-likeness (QED) is 0.323. The van der Waals surface area contributed by atoms with Crippen LogP contribution >= 0.6 is 11.8 Å². The van der Waals surface area contributed by atoms with Crippen LogP contribution in [-0.4, -0.2) is 34.3 Å². The van der Waals surface area contributed by atoms with E-state index in [4.69, 9.17) is 4.42 Å². The van der Waals surface area contributed by atoms with Crippen molar-refractivity contribution < 1.29 is 27.5 Å². The molecule has 7 nitrogen and oxygen atoms in total. The van der Waals surface area contributed by atoms with Gasteiger partial charge in [0.05, 0.1) is 5.75 Å². The average Bonchev–Trinajstić information content (AvgIpc) is 3.21. The summed E-state index contributed by atoms with van der Waals surface area (Å²) in [7, 11) is 0. The number of anilines is 1. The summed E-state index contributed by atoms with van der Waals surface area (Å²) >= 11 is 1.09. The Morgan fingerprint density at radius 2 is 1.75 bits per heavy atom. The summed E-state index contributed by atoms with van der Waals surface area (Å²) in [5.41, 5.74) is 1.66. The van der Waals surface area contributed by atoms with Crippen LogP contribution in [0.4, 0.5) is 14.5 Å². The highest BCUT2D eigenvalue weighted by molar-refractivity contribution is 7.99. The molecule has 0 bridgehead atoms. The number of halogens is 2. The molecule has 0 saturated heterocycles. The third-order valence-corrected chi connectivity index (χ3v) is 4.96. The molecule has 0 saturated carbocycles. The maximum atomic E-state index is 12.4. The molecule has 1 N–H and O–H groups in total. The van der Waals surface area contributed by atoms with Crippen molar-refractivity contribution in [1.29, 1.82) is 0 Å². The lowest BCUT2D eigenvalue weighted by Gasteiger charge is -2.07. The molecule has 0 radical (unpaired) electrons. The number of thioether (sulfide) groups is 1. The molecule has 3 aromatic rings. The number of Topliss-reactive ketones (excluding diaryl/α,β-unsaturated/α-hetero) is 1. The smallest absolute Gasteiger partial charge is 0.387 e. The molecule has 2 aromatic carbocycles. The van der Waals surface area contributed by atoms with E-state index in [0.29, 0.717) is 23.2 Å². The van der Waals surface area contributed by atoms with Crippen molar-refractivity contribution >= 4 is 29.1 Å². The molecule has 3 rings (SSSR count). The van der Waals surface area contributed by atoms with Gasteiger partial charge in [-0.1, -0.05) is 25.6 Å². The molecule has 0 aliphatic rings. The van der Waals surface area contributed by atoms with Gasteiger partial charge in [-0.25, -0.2) is 0 Å². The highest BCUT2D eigenvalue weighted by Crippen LogP contribution is 2.26. The molecule has 0 aliphatic heterocycles. The van der Waals surface area contributed by atoms with E-state index in [-0.39, 0.29) is 40.2 Å². The molecule has 1 heterocycles. The van der Waals surface area contributed by atoms with Gasteiger partial charge in [-0.15, -0.1) is 10.2 Å². The second-order valence-electron chi connectivity index (χ2n) is 7.21. The molecular weight excluding hydrogens is 440 g/mol. The first kappa shape index (κ1) is 23.4. The molecule has 1 amide bonds. The third-order valence-electron chi connectivity index (χ3n) is 4.14. The standard InChI is InChI=1S/C22H21F2N3O4S/c1-13(2)11-19(29)25-16-7-3-14(4-8-16)18(28)12-32-22-27-26-20(31-22)15-5-9-17(10-6-15)30-21(23)24/h3-10,13,21H,11-12H2,1-2H3,(H,25,29). The summed E-state index contributed by atoms with van der Waals surface area (Å²) in [6.45, 7) is 1.03. The number of nitrogens with one attached hydrogen (secondary N) is 1. The molecule has 10 heteroatoms. The number of benzene rings is 2. The lowest BCUT2D eigenvalue weighted by molar-refractivity contribution is -0.116. The zero-order valence-corrected chi connectivity index (χ0v) is 18.2. The van der Waals surface area contributed by atoms with E-state index < -0.39 is 6.61 Å². The van der Waals surface area contributed by atoms with Gasteiger partial charge in [-0.2, -0.15) is 8.78 Å². The van der Waals surface area contributed by atoms with E-state index in [1.54, 1.807) is 24.3 Å². The Kier molecular flexibility index (Phi) is 7.93. The van der Waals surface area contributed by atoms with Crippen molar-refractivity contribution in [2.45, 2.75) is 32.1 Å². The van der Waals surface area contributed by atoms with Crippen LogP contribution in [0.25, 0.3) is 11.5 Å². The molecule has 168 valence electrons. The number of carbonyl (C=O) groups excluding carboxylic acids is 2. The van der Waals surface area contributed by atoms with Crippen molar-refractivity contribution in [3.8, 4) is 17.2 Å². The fourth-order valence-electron chi connectivity index (χ4n) is 2.70. The molecular formula is C22H21F2N3O4S. The normalized spacial score (nSPS) is 11.1. The van der Waals surface area contributed by atoms with Crippen LogP contribution in [-0.2, 0) is 4.79 Å². The van der Waals surface area contributed by atoms with Gasteiger partial charge in [0.25, 0.3) is 5.22 Å². The van der Waals surface area contributed by atoms with E-state index in [2.05, 4.69) is 20.3 Å². The summed E-state index contributed by atoms with van der Waals surface area (Å²) in [6.07, 6.45) is 0.428. The van der Waals surface area contributed by atoms with Crippen LogP contribution in [0.15, 0.2) is 58.2 Å². The van der Waals surface area contributed by atoms with Gasteiger partial charge < -0.3 is 14.5 Å². The van der Waals surface area contributed by atoms with Crippen LogP contribution in [0.1, 0.15) is 30.6 Å². The number of amides is 1. The van der Waals surface area contributed by atoms with Crippen LogP contribution < -0.4 is 10.1 Å². The molecule has 0 spiro atoms. The Morgan fingerprint density at radius 1 is 1.06 bits per heavy atom. The van der Waals surface area contributed by atoms with E-state index in [1.165, 1.54) is 24.3 Å². The Morgan fingerprint density at radius 3 is 2.38 bits per heavy atom. The molecule has 1 aromatic heterocycles. The lowest BCUT2D eigenvalue weighted by atomic mass is 10.1. The second kappa shape index (κ2) is 10.9. The van der Waals surface area contributed by atoms with E-state index in [0.717, 1.165) is 11.8 Å². The summed E-state index contributed by atoms with van der Waals surface area (Å²) in [5, 5.41) is 10.8. The minimum Gasteiger partial charge on any atom is -0.435 e. The minimum absolute atomic E-state index is 0.0222. The predicted molar refractivity (Wildman–Crippen MR) is 116 cm³/mol. The lowest BCUT2D eigenvalue weighted by Crippen LogP contribution is -2.14. The number of hydrogen-bond acceptors (Lipinski definition) is 7. The number of ketones is 1. The van der Waals surface area contributed by atoms with Crippen LogP contribution in [0.3, 0.4) is 0 Å². The Labute approximate surface area is 187 Å². The third kappa shape index (κ3) is 6.88. The van der Waals surface area contributed by atoms with Gasteiger partial charge in [-0.05, 0) is 54.4 Å². The first-order valence-corrected chi connectivity index (χ1v) is 10.7. The van der Waals surface area contributed by atoms with Crippen LogP contribution in [0.2, 0.25) is 0 Å². The fourth-order valence-corrected chi connectivity index (χ4v) is 3.35. The molecule has 0 fully saturated rings. The average molecular weight is 461 g/mol. The van der Waals surface area contributed by atoms with Gasteiger partial charge >= 0.3 is 6.61 Å². The fraction of sp³-hybridized carbons (Fsp3) is 0.273. The molecule has 0 aliphatic carbocycles. The van der Waals surface area contributed by atoms with E-state index >= 15 is 0 Å². The highest BCUT2D eigenvalue weighted by atomic mass is 32.2. The Hall–Kier alpha value is -3.27. The largest absolute Gasteiger partial charge is 0.435 e. The maximum Gasteiger partial charge on any atom is 0.387 e. The number of ether oxygens (including phenoxy) is 1. The Bertz CT molecular complexity index is 1050. The Balaban J connectivity index is 1.53. The maximum absolute atomic E-state index is 12.4. The topological polar surface area (TPSA) is 94.3 Å². The number of rotatable bonds is 10. The number of carbonyl (C=O) groups is 2. The summed E-state index contributed by atoms with van der Waals surface area (Å²) in [5.74, 6) is 0.360. The zero-order valence-electron chi connectivity index (χ0n) is 17.4. The summed E-state index contributed by atoms with van der Waals surface area (Å²) in [4.78, 5) is 24.2. The van der Waals surface area contributed by atoms with E-state index in [1.807, 2.05) is 13.8 Å². The predicted octanol–water partition coefficient (Wildman–Crippen LogP) is 5.30. The van der Waals surface area contributed by atoms with Crippen LogP contribution in [0, 0.1) is 5.92 Å². The number of hydrogen-bond donors (Lipinski definition) is 1. The van der Waals surface area contributed by atoms with Crippen molar-refractivity contribution in [1.82, 2.24) is 10.2 Å². The number of aromatic nitrogens is 2.